The van der Waals surface area contributed by atoms with Gasteiger partial charge in [0.25, 0.3) is 5.56 Å². The number of halogens is 2. The van der Waals surface area contributed by atoms with Crippen LogP contribution in [0.25, 0.3) is 0 Å². The van der Waals surface area contributed by atoms with Gasteiger partial charge in [-0.05, 0) is 34.6 Å². The minimum absolute atomic E-state index is 0.0443. The summed E-state index contributed by atoms with van der Waals surface area (Å²) in [5.41, 5.74) is -3.83. The fraction of sp³-hybridized carbons (Fsp3) is 0.714. The maximum atomic E-state index is 15.2. The summed E-state index contributed by atoms with van der Waals surface area (Å²) in [4.78, 5) is 49.1. The van der Waals surface area contributed by atoms with Gasteiger partial charge in [-0.15, -0.1) is 11.6 Å². The number of hydrogen-bond acceptors (Lipinski definition) is 14. The summed E-state index contributed by atoms with van der Waals surface area (Å²) >= 11 is 5.97. The first-order chi connectivity index (χ1) is 18.6. The molecule has 0 aliphatic carbocycles. The van der Waals surface area contributed by atoms with Gasteiger partial charge in [-0.3, -0.25) is 18.9 Å². The van der Waals surface area contributed by atoms with Gasteiger partial charge in [0.2, 0.25) is 13.6 Å². The van der Waals surface area contributed by atoms with Crippen molar-refractivity contribution in [2.24, 2.45) is 0 Å². The van der Waals surface area contributed by atoms with E-state index in [1.807, 2.05) is 4.98 Å². The van der Waals surface area contributed by atoms with Crippen molar-refractivity contribution in [2.75, 3.05) is 26.1 Å². The van der Waals surface area contributed by atoms with Crippen molar-refractivity contribution in [1.29, 1.82) is 0 Å². The average Bonchev–Trinajstić information content (AvgIpc) is 3.10. The number of aliphatic hydroxyl groups is 1. The van der Waals surface area contributed by atoms with E-state index < -0.39 is 93.8 Å². The quantitative estimate of drug-likeness (QED) is 0.141. The Bertz CT molecular complexity index is 1160. The number of aryl methyl sites for hydroxylation is 1. The number of phosphoric acid groups is 1. The Morgan fingerprint density at radius 3 is 2.12 bits per heavy atom. The molecule has 0 amide bonds. The zero-order valence-electron chi connectivity index (χ0n) is 22.2. The lowest BCUT2D eigenvalue weighted by Crippen LogP contribution is -2.47. The van der Waals surface area contributed by atoms with Gasteiger partial charge in [0.1, 0.15) is 11.7 Å². The summed E-state index contributed by atoms with van der Waals surface area (Å²) in [6, 6.07) is 0. The number of H-pyrrole nitrogens is 1. The van der Waals surface area contributed by atoms with Crippen LogP contribution in [-0.2, 0) is 41.8 Å². The highest BCUT2D eigenvalue weighted by Gasteiger charge is 2.57. The van der Waals surface area contributed by atoms with Crippen LogP contribution in [0.15, 0.2) is 15.8 Å². The van der Waals surface area contributed by atoms with Crippen LogP contribution in [-0.4, -0.2) is 83.1 Å². The second-order valence-corrected chi connectivity index (χ2v) is 10.8. The summed E-state index contributed by atoms with van der Waals surface area (Å²) in [7, 11) is -4.82. The van der Waals surface area contributed by atoms with E-state index in [1.165, 1.54) is 6.92 Å². The molecule has 1 aliphatic rings. The summed E-state index contributed by atoms with van der Waals surface area (Å²) in [5.74, 6) is -0.656. The molecule has 16 nitrogen and oxygen atoms in total. The molecule has 2 rings (SSSR count). The highest BCUT2D eigenvalue weighted by molar-refractivity contribution is 7.48. The largest absolute Gasteiger partial charge is 0.510 e. The first-order valence-corrected chi connectivity index (χ1v) is 13.7. The molecule has 1 aromatic rings. The van der Waals surface area contributed by atoms with Crippen LogP contribution in [0, 0.1) is 6.92 Å². The number of ether oxygens (including phenoxy) is 5. The molecule has 0 radical (unpaired) electrons. The van der Waals surface area contributed by atoms with Gasteiger partial charge in [-0.1, -0.05) is 0 Å². The molecule has 4 atom stereocenters. The van der Waals surface area contributed by atoms with Crippen molar-refractivity contribution >= 4 is 31.7 Å². The zero-order chi connectivity index (χ0) is 30.3. The number of carbonyl (C=O) groups excluding carboxylic acids is 2. The molecule has 40 heavy (non-hydrogen) atoms. The predicted octanol–water partition coefficient (Wildman–Crippen LogP) is 2.25. The molecule has 1 saturated heterocycles. The van der Waals surface area contributed by atoms with Crippen LogP contribution in [0.1, 0.15) is 39.5 Å². The van der Waals surface area contributed by atoms with E-state index >= 15 is 4.39 Å². The second-order valence-electron chi connectivity index (χ2n) is 8.91. The van der Waals surface area contributed by atoms with Crippen LogP contribution in [0.4, 0.5) is 14.0 Å². The van der Waals surface area contributed by atoms with Crippen molar-refractivity contribution < 1.29 is 60.9 Å². The number of carbonyl (C=O) groups is 2. The van der Waals surface area contributed by atoms with Crippen molar-refractivity contribution in [2.45, 2.75) is 70.9 Å². The van der Waals surface area contributed by atoms with E-state index in [2.05, 4.69) is 9.47 Å². The highest BCUT2D eigenvalue weighted by Crippen LogP contribution is 2.51. The Labute approximate surface area is 232 Å². The second kappa shape index (κ2) is 14.4. The number of nitrogens with zero attached hydrogens (tertiary/aromatic N) is 1. The minimum atomic E-state index is -4.82. The smallest absolute Gasteiger partial charge is 0.432 e. The number of aromatic amines is 1. The molecule has 19 heteroatoms. The third-order valence-electron chi connectivity index (χ3n) is 5.02. The lowest BCUT2D eigenvalue weighted by atomic mass is 9.99. The van der Waals surface area contributed by atoms with E-state index in [0.29, 0.717) is 4.57 Å². The molecular formula is C21H31ClFN2O14P. The minimum Gasteiger partial charge on any atom is -0.432 e. The number of hydrogen-bond donors (Lipinski definition) is 2. The fourth-order valence-corrected chi connectivity index (χ4v) is 4.37. The highest BCUT2D eigenvalue weighted by atomic mass is 35.5. The number of alkyl halides is 2. The van der Waals surface area contributed by atoms with Gasteiger partial charge in [-0.2, -0.15) is 0 Å². The molecule has 0 spiro atoms. The number of rotatable bonds is 13. The van der Waals surface area contributed by atoms with Crippen LogP contribution >= 0.6 is 19.4 Å². The monoisotopic (exact) mass is 620 g/mol. The number of aromatic nitrogens is 2. The molecule has 0 aromatic carbocycles. The molecule has 2 heterocycles. The van der Waals surface area contributed by atoms with Gasteiger partial charge in [0.15, 0.2) is 12.4 Å². The van der Waals surface area contributed by atoms with Crippen molar-refractivity contribution in [3.05, 3.63) is 32.6 Å². The van der Waals surface area contributed by atoms with E-state index in [-0.39, 0.29) is 5.56 Å². The van der Waals surface area contributed by atoms with Crippen LogP contribution in [0.3, 0.4) is 0 Å². The topological polar surface area (TPSA) is 200 Å². The van der Waals surface area contributed by atoms with Crippen molar-refractivity contribution in [3.8, 4) is 0 Å². The lowest BCUT2D eigenvalue weighted by Gasteiger charge is -2.30. The third-order valence-corrected chi connectivity index (χ3v) is 6.76. The van der Waals surface area contributed by atoms with E-state index in [1.54, 1.807) is 27.7 Å². The maximum absolute atomic E-state index is 15.2. The molecule has 0 bridgehead atoms. The molecule has 0 saturated carbocycles. The van der Waals surface area contributed by atoms with Gasteiger partial charge in [0.05, 0.1) is 24.7 Å². The van der Waals surface area contributed by atoms with Gasteiger partial charge in [0, 0.05) is 11.8 Å². The molecule has 1 aliphatic heterocycles. The van der Waals surface area contributed by atoms with Crippen LogP contribution in [0.2, 0.25) is 0 Å². The molecule has 1 aromatic heterocycles. The zero-order valence-corrected chi connectivity index (χ0v) is 23.8. The summed E-state index contributed by atoms with van der Waals surface area (Å²) in [6.07, 6.45) is -8.52. The van der Waals surface area contributed by atoms with Gasteiger partial charge in [-0.25, -0.2) is 32.4 Å². The summed E-state index contributed by atoms with van der Waals surface area (Å²) in [6.45, 7) is 4.49. The lowest BCUT2D eigenvalue weighted by molar-refractivity contribution is -0.119. The number of phosphoric ester groups is 1. The SMILES string of the molecule is Cc1cn([C@@H]2O[C@](CCl)(COP(=O)(OCOC(=O)OC(C)C)OCOC(=O)OC(C)C)[C@@H](O)[C@@H]2F)c(=O)[nH]c1=O. The Kier molecular flexibility index (Phi) is 12.1. The average molecular weight is 621 g/mol. The Morgan fingerprint density at radius 2 is 1.65 bits per heavy atom. The molecule has 1 fully saturated rings. The van der Waals surface area contributed by atoms with Crippen molar-refractivity contribution in [1.82, 2.24) is 9.55 Å². The van der Waals surface area contributed by atoms with Gasteiger partial charge < -0.3 is 28.8 Å². The standard InChI is InChI=1S/C21H31ClFN2O14P/c1-11(2)37-19(29)32-9-35-40(31,36-10-33-20(30)38-12(3)4)34-8-21(7-22)15(26)14(23)17(39-21)25-6-13(5)16(27)24-18(25)28/h6,11-12,14-15,17,26H,7-10H2,1-5H3,(H,24,27,28)/t14-,15-,17+,21+/m0/s1. The first kappa shape index (κ1) is 33.7. The Hall–Kier alpha value is -2.53. The normalized spacial score (nSPS) is 22.9. The molecule has 0 unspecified atom stereocenters. The van der Waals surface area contributed by atoms with Crippen LogP contribution in [0.5, 0.6) is 0 Å². The van der Waals surface area contributed by atoms with Crippen LogP contribution < -0.4 is 11.2 Å². The molecule has 228 valence electrons. The summed E-state index contributed by atoms with van der Waals surface area (Å²) in [5, 5.41) is 10.6. The van der Waals surface area contributed by atoms with E-state index in [4.69, 9.17) is 39.4 Å². The maximum Gasteiger partial charge on any atom is 0.510 e. The number of aliphatic hydroxyl groups excluding tert-OH is 1. The fourth-order valence-electron chi connectivity index (χ4n) is 3.11. The van der Waals surface area contributed by atoms with E-state index in [9.17, 15) is 28.8 Å². The molecule has 2 N–H and O–H groups in total. The Morgan fingerprint density at radius 1 is 1.12 bits per heavy atom. The first-order valence-electron chi connectivity index (χ1n) is 11.7. The molecular weight excluding hydrogens is 590 g/mol. The predicted molar refractivity (Wildman–Crippen MR) is 131 cm³/mol. The Balaban J connectivity index is 2.20. The third kappa shape index (κ3) is 8.99. The van der Waals surface area contributed by atoms with Gasteiger partial charge >= 0.3 is 25.8 Å². The number of nitrogens with one attached hydrogen (secondary N) is 1. The van der Waals surface area contributed by atoms with Crippen molar-refractivity contribution in [3.63, 3.8) is 0 Å². The van der Waals surface area contributed by atoms with E-state index in [0.717, 1.165) is 6.20 Å². The summed E-state index contributed by atoms with van der Waals surface area (Å²) < 4.78 is 68.3.